The van der Waals surface area contributed by atoms with Gasteiger partial charge in [0.25, 0.3) is 5.91 Å². The Kier molecular flexibility index (Phi) is 5.45. The van der Waals surface area contributed by atoms with Gasteiger partial charge in [-0.3, -0.25) is 4.79 Å². The Balaban J connectivity index is 1.48. The van der Waals surface area contributed by atoms with Crippen LogP contribution in [-0.4, -0.2) is 48.6 Å². The van der Waals surface area contributed by atoms with Gasteiger partial charge in [-0.1, -0.05) is 40.6 Å². The summed E-state index contributed by atoms with van der Waals surface area (Å²) in [5, 5.41) is 0.959. The molecule has 1 aliphatic heterocycles. The van der Waals surface area contributed by atoms with E-state index in [9.17, 15) is 4.79 Å². The van der Waals surface area contributed by atoms with Gasteiger partial charge in [-0.25, -0.2) is 4.98 Å². The molecular formula is C18H17Cl2N3O2S2. The second kappa shape index (κ2) is 7.83. The SMILES string of the molecule is CCOc1cccc2sc(N3CCN(C(=O)c4cc(Cl)sc4Cl)CC3)nc12. The minimum atomic E-state index is -0.0641. The summed E-state index contributed by atoms with van der Waals surface area (Å²) in [6.07, 6.45) is 0. The van der Waals surface area contributed by atoms with Crippen molar-refractivity contribution in [3.63, 3.8) is 0 Å². The molecule has 9 heteroatoms. The molecule has 3 heterocycles. The minimum absolute atomic E-state index is 0.0641. The highest BCUT2D eigenvalue weighted by Crippen LogP contribution is 2.35. The van der Waals surface area contributed by atoms with E-state index in [1.165, 1.54) is 11.3 Å². The van der Waals surface area contributed by atoms with Crippen LogP contribution in [0.2, 0.25) is 8.67 Å². The third-order valence-electron chi connectivity index (χ3n) is 4.40. The fourth-order valence-corrected chi connectivity index (χ4v) is 5.56. The van der Waals surface area contributed by atoms with Crippen LogP contribution in [-0.2, 0) is 0 Å². The molecule has 0 N–H and O–H groups in total. The third-order valence-corrected chi connectivity index (χ3v) is 6.96. The number of para-hydroxylation sites is 1. The average molecular weight is 442 g/mol. The van der Waals surface area contributed by atoms with Crippen molar-refractivity contribution in [3.8, 4) is 5.75 Å². The predicted molar refractivity (Wildman–Crippen MR) is 113 cm³/mol. The van der Waals surface area contributed by atoms with Gasteiger partial charge in [0.05, 0.1) is 21.2 Å². The highest BCUT2D eigenvalue weighted by Gasteiger charge is 2.26. The van der Waals surface area contributed by atoms with E-state index in [4.69, 9.17) is 32.9 Å². The van der Waals surface area contributed by atoms with Gasteiger partial charge in [-0.05, 0) is 25.1 Å². The average Bonchev–Trinajstić information content (AvgIpc) is 3.25. The van der Waals surface area contributed by atoms with Crippen LogP contribution in [0.15, 0.2) is 24.3 Å². The second-order valence-electron chi connectivity index (χ2n) is 6.05. The van der Waals surface area contributed by atoms with Crippen molar-refractivity contribution in [2.75, 3.05) is 37.7 Å². The molecule has 1 aliphatic rings. The zero-order valence-electron chi connectivity index (χ0n) is 14.6. The molecular weight excluding hydrogens is 425 g/mol. The number of ether oxygens (including phenoxy) is 1. The molecule has 1 fully saturated rings. The Hall–Kier alpha value is -1.54. The molecule has 0 saturated carbocycles. The van der Waals surface area contributed by atoms with Gasteiger partial charge in [0.1, 0.15) is 15.6 Å². The Morgan fingerprint density at radius 2 is 2.00 bits per heavy atom. The first kappa shape index (κ1) is 18.8. The van der Waals surface area contributed by atoms with Crippen LogP contribution in [0.1, 0.15) is 17.3 Å². The van der Waals surface area contributed by atoms with E-state index >= 15 is 0 Å². The first-order chi connectivity index (χ1) is 13.1. The number of anilines is 1. The van der Waals surface area contributed by atoms with Crippen molar-refractivity contribution in [2.45, 2.75) is 6.92 Å². The summed E-state index contributed by atoms with van der Waals surface area (Å²) in [7, 11) is 0. The Morgan fingerprint density at radius 3 is 2.67 bits per heavy atom. The number of fused-ring (bicyclic) bond motifs is 1. The highest BCUT2D eigenvalue weighted by atomic mass is 35.5. The number of benzene rings is 1. The van der Waals surface area contributed by atoms with Gasteiger partial charge in [-0.15, -0.1) is 11.3 Å². The van der Waals surface area contributed by atoms with E-state index in [2.05, 4.69) is 11.0 Å². The Labute approximate surface area is 175 Å². The zero-order valence-corrected chi connectivity index (χ0v) is 17.7. The number of hydrogen-bond donors (Lipinski definition) is 0. The summed E-state index contributed by atoms with van der Waals surface area (Å²) in [6.45, 7) is 5.28. The molecule has 2 aromatic heterocycles. The van der Waals surface area contributed by atoms with E-state index in [1.54, 1.807) is 17.4 Å². The van der Waals surface area contributed by atoms with Crippen molar-refractivity contribution < 1.29 is 9.53 Å². The monoisotopic (exact) mass is 441 g/mol. The van der Waals surface area contributed by atoms with Gasteiger partial charge in [0, 0.05) is 26.2 Å². The van der Waals surface area contributed by atoms with E-state index in [1.807, 2.05) is 24.0 Å². The van der Waals surface area contributed by atoms with E-state index in [0.29, 0.717) is 33.9 Å². The molecule has 27 heavy (non-hydrogen) atoms. The lowest BCUT2D eigenvalue weighted by atomic mass is 10.2. The van der Waals surface area contributed by atoms with Crippen molar-refractivity contribution in [1.29, 1.82) is 0 Å². The molecule has 142 valence electrons. The number of piperazine rings is 1. The molecule has 0 bridgehead atoms. The van der Waals surface area contributed by atoms with Crippen LogP contribution < -0.4 is 9.64 Å². The number of nitrogens with zero attached hydrogens (tertiary/aromatic N) is 3. The van der Waals surface area contributed by atoms with Gasteiger partial charge in [0.2, 0.25) is 0 Å². The van der Waals surface area contributed by atoms with Crippen LogP contribution in [0, 0.1) is 0 Å². The van der Waals surface area contributed by atoms with Crippen LogP contribution in [0.5, 0.6) is 5.75 Å². The predicted octanol–water partition coefficient (Wildman–Crippen LogP) is 5.03. The summed E-state index contributed by atoms with van der Waals surface area (Å²) in [6, 6.07) is 7.64. The maximum absolute atomic E-state index is 12.7. The Morgan fingerprint density at radius 1 is 1.22 bits per heavy atom. The molecule has 1 saturated heterocycles. The number of thiophene rings is 1. The summed E-state index contributed by atoms with van der Waals surface area (Å²) >= 11 is 15.0. The smallest absolute Gasteiger partial charge is 0.256 e. The molecule has 1 aromatic carbocycles. The summed E-state index contributed by atoms with van der Waals surface area (Å²) in [5.41, 5.74) is 1.39. The minimum Gasteiger partial charge on any atom is -0.492 e. The van der Waals surface area contributed by atoms with E-state index in [0.717, 1.165) is 34.2 Å². The van der Waals surface area contributed by atoms with Crippen LogP contribution >= 0.6 is 45.9 Å². The number of thiazole rings is 1. The number of amides is 1. The molecule has 1 amide bonds. The van der Waals surface area contributed by atoms with Gasteiger partial charge in [-0.2, -0.15) is 0 Å². The molecule has 0 atom stereocenters. The van der Waals surface area contributed by atoms with Crippen molar-refractivity contribution >= 4 is 67.1 Å². The van der Waals surface area contributed by atoms with Crippen LogP contribution in [0.4, 0.5) is 5.13 Å². The molecule has 4 rings (SSSR count). The fourth-order valence-electron chi connectivity index (χ4n) is 3.08. The lowest BCUT2D eigenvalue weighted by Crippen LogP contribution is -2.48. The van der Waals surface area contributed by atoms with Gasteiger partial charge < -0.3 is 14.5 Å². The molecule has 5 nitrogen and oxygen atoms in total. The van der Waals surface area contributed by atoms with E-state index < -0.39 is 0 Å². The summed E-state index contributed by atoms with van der Waals surface area (Å²) in [5.74, 6) is 0.751. The van der Waals surface area contributed by atoms with Crippen molar-refractivity contribution in [2.24, 2.45) is 0 Å². The fraction of sp³-hybridized carbons (Fsp3) is 0.333. The maximum Gasteiger partial charge on any atom is 0.256 e. The van der Waals surface area contributed by atoms with Crippen molar-refractivity contribution in [3.05, 3.63) is 38.5 Å². The second-order valence-corrected chi connectivity index (χ2v) is 9.34. The molecule has 0 unspecified atom stereocenters. The molecule has 0 aliphatic carbocycles. The highest BCUT2D eigenvalue weighted by molar-refractivity contribution is 7.22. The number of rotatable bonds is 4. The molecule has 0 radical (unpaired) electrons. The summed E-state index contributed by atoms with van der Waals surface area (Å²) < 4.78 is 7.76. The number of aromatic nitrogens is 1. The van der Waals surface area contributed by atoms with Gasteiger partial charge in [0.15, 0.2) is 5.13 Å². The quantitative estimate of drug-likeness (QED) is 0.569. The first-order valence-electron chi connectivity index (χ1n) is 8.58. The van der Waals surface area contributed by atoms with Crippen molar-refractivity contribution in [1.82, 2.24) is 9.88 Å². The number of hydrogen-bond acceptors (Lipinski definition) is 6. The lowest BCUT2D eigenvalue weighted by molar-refractivity contribution is 0.0747. The van der Waals surface area contributed by atoms with Crippen LogP contribution in [0.3, 0.4) is 0 Å². The standard InChI is InChI=1S/C18H17Cl2N3O2S2/c1-2-25-12-4-3-5-13-15(12)21-18(26-13)23-8-6-22(7-9-23)17(24)11-10-14(19)27-16(11)20/h3-5,10H,2,6-9H2,1H3. The topological polar surface area (TPSA) is 45.7 Å². The summed E-state index contributed by atoms with van der Waals surface area (Å²) in [4.78, 5) is 21.5. The van der Waals surface area contributed by atoms with Crippen LogP contribution in [0.25, 0.3) is 10.2 Å². The lowest BCUT2D eigenvalue weighted by Gasteiger charge is -2.34. The Bertz CT molecular complexity index is 980. The molecule has 3 aromatic rings. The molecule has 0 spiro atoms. The van der Waals surface area contributed by atoms with Gasteiger partial charge >= 0.3 is 0 Å². The normalized spacial score (nSPS) is 14.8. The first-order valence-corrected chi connectivity index (χ1v) is 11.0. The number of carbonyl (C=O) groups is 1. The zero-order chi connectivity index (χ0) is 19.0. The number of carbonyl (C=O) groups excluding carboxylic acids is 1. The third kappa shape index (κ3) is 3.74. The van der Waals surface area contributed by atoms with E-state index in [-0.39, 0.29) is 5.91 Å². The maximum atomic E-state index is 12.7. The largest absolute Gasteiger partial charge is 0.492 e. The number of halogens is 2.